The van der Waals surface area contributed by atoms with Crippen LogP contribution in [0.25, 0.3) is 0 Å². The van der Waals surface area contributed by atoms with Gasteiger partial charge < -0.3 is 10.6 Å². The molecule has 1 aromatic carbocycles. The van der Waals surface area contributed by atoms with Crippen molar-refractivity contribution in [2.45, 2.75) is 40.3 Å². The Bertz CT molecular complexity index is 501. The van der Waals surface area contributed by atoms with E-state index in [0.29, 0.717) is 18.5 Å². The lowest BCUT2D eigenvalue weighted by Gasteiger charge is -2.27. The number of rotatable bonds is 8. The second-order valence-corrected chi connectivity index (χ2v) is 5.38. The summed E-state index contributed by atoms with van der Waals surface area (Å²) in [5.41, 5.74) is 0.249. The Hall–Kier alpha value is -1.69. The second-order valence-electron chi connectivity index (χ2n) is 5.38. The van der Waals surface area contributed by atoms with Crippen LogP contribution in [0.4, 0.5) is 8.78 Å². The summed E-state index contributed by atoms with van der Waals surface area (Å²) in [5.74, 6) is -0.289. The average Bonchev–Trinajstić information content (AvgIpc) is 2.54. The van der Waals surface area contributed by atoms with Gasteiger partial charge in [0.15, 0.2) is 5.96 Å². The number of hydrogen-bond acceptors (Lipinski definition) is 2. The molecule has 0 aliphatic rings. The largest absolute Gasteiger partial charge is 0.357 e. The fourth-order valence-corrected chi connectivity index (χ4v) is 2.39. The summed E-state index contributed by atoms with van der Waals surface area (Å²) in [6, 6.07) is 3.78. The third kappa shape index (κ3) is 6.52. The minimum Gasteiger partial charge on any atom is -0.357 e. The molecule has 1 rings (SSSR count). The van der Waals surface area contributed by atoms with E-state index in [2.05, 4.69) is 41.3 Å². The normalized spacial score (nSPS) is 13.3. The van der Waals surface area contributed by atoms with Crippen molar-refractivity contribution in [3.05, 3.63) is 35.4 Å². The van der Waals surface area contributed by atoms with E-state index in [1.165, 1.54) is 6.07 Å². The molecule has 0 fully saturated rings. The number of guanidine groups is 1. The lowest BCUT2D eigenvalue weighted by atomic mass is 10.2. The fourth-order valence-electron chi connectivity index (χ4n) is 2.39. The molecule has 0 spiro atoms. The quantitative estimate of drug-likeness (QED) is 0.570. The lowest BCUT2D eigenvalue weighted by Crippen LogP contribution is -2.46. The Labute approximate surface area is 138 Å². The zero-order valence-electron chi connectivity index (χ0n) is 14.5. The van der Waals surface area contributed by atoms with Crippen LogP contribution in [0.2, 0.25) is 0 Å². The number of halogens is 2. The molecule has 0 aromatic heterocycles. The molecule has 130 valence electrons. The van der Waals surface area contributed by atoms with E-state index in [1.54, 1.807) is 0 Å². The molecule has 23 heavy (non-hydrogen) atoms. The van der Waals surface area contributed by atoms with Gasteiger partial charge in [-0.2, -0.15) is 0 Å². The molecule has 0 saturated carbocycles. The highest BCUT2D eigenvalue weighted by Gasteiger charge is 2.10. The van der Waals surface area contributed by atoms with E-state index >= 15 is 0 Å². The first-order valence-electron chi connectivity index (χ1n) is 8.21. The van der Waals surface area contributed by atoms with Crippen LogP contribution < -0.4 is 10.6 Å². The summed E-state index contributed by atoms with van der Waals surface area (Å²) in [6.07, 6.45) is 0. The number of hydrogen-bond donors (Lipinski definition) is 2. The fraction of sp³-hybridized carbons (Fsp3) is 0.588. The number of benzene rings is 1. The summed E-state index contributed by atoms with van der Waals surface area (Å²) >= 11 is 0. The minimum absolute atomic E-state index is 0.0958. The summed E-state index contributed by atoms with van der Waals surface area (Å²) in [7, 11) is 0. The average molecular weight is 326 g/mol. The van der Waals surface area contributed by atoms with Crippen molar-refractivity contribution in [2.24, 2.45) is 4.99 Å². The van der Waals surface area contributed by atoms with Crippen LogP contribution in [0, 0.1) is 11.6 Å². The smallest absolute Gasteiger partial charge is 0.191 e. The van der Waals surface area contributed by atoms with Crippen LogP contribution >= 0.6 is 0 Å². The van der Waals surface area contributed by atoms with Gasteiger partial charge in [-0.1, -0.05) is 13.8 Å². The first-order valence-corrected chi connectivity index (χ1v) is 8.21. The Balaban J connectivity index is 2.68. The van der Waals surface area contributed by atoms with Crippen molar-refractivity contribution in [3.8, 4) is 0 Å². The predicted molar refractivity (Wildman–Crippen MR) is 91.6 cm³/mol. The van der Waals surface area contributed by atoms with E-state index in [0.717, 1.165) is 31.8 Å². The lowest BCUT2D eigenvalue weighted by molar-refractivity contribution is 0.231. The van der Waals surface area contributed by atoms with Gasteiger partial charge in [-0.3, -0.25) is 4.90 Å². The summed E-state index contributed by atoms with van der Waals surface area (Å²) in [6.45, 7) is 11.9. The molecule has 0 amide bonds. The Morgan fingerprint density at radius 3 is 2.48 bits per heavy atom. The van der Waals surface area contributed by atoms with Gasteiger partial charge in [0, 0.05) is 24.7 Å². The third-order valence-corrected chi connectivity index (χ3v) is 3.76. The molecule has 0 radical (unpaired) electrons. The molecule has 0 saturated heterocycles. The molecule has 0 bridgehead atoms. The Kier molecular flexibility index (Phi) is 8.55. The monoisotopic (exact) mass is 326 g/mol. The number of nitrogens with one attached hydrogen (secondary N) is 2. The Morgan fingerprint density at radius 1 is 1.17 bits per heavy atom. The molecule has 4 nitrogen and oxygen atoms in total. The van der Waals surface area contributed by atoms with E-state index in [9.17, 15) is 8.78 Å². The van der Waals surface area contributed by atoms with Crippen molar-refractivity contribution in [1.29, 1.82) is 0 Å². The first kappa shape index (κ1) is 19.4. The van der Waals surface area contributed by atoms with Crippen LogP contribution in [0.1, 0.15) is 33.3 Å². The third-order valence-electron chi connectivity index (χ3n) is 3.76. The van der Waals surface area contributed by atoms with Crippen LogP contribution in [0.5, 0.6) is 0 Å². The molecule has 0 aliphatic carbocycles. The molecular weight excluding hydrogens is 298 g/mol. The number of likely N-dealkylation sites (N-methyl/N-ethyl adjacent to an activating group) is 1. The van der Waals surface area contributed by atoms with E-state index in [4.69, 9.17) is 0 Å². The van der Waals surface area contributed by atoms with E-state index < -0.39 is 11.6 Å². The van der Waals surface area contributed by atoms with Gasteiger partial charge in [-0.05, 0) is 45.1 Å². The van der Waals surface area contributed by atoms with Gasteiger partial charge >= 0.3 is 0 Å². The standard InChI is InChI=1S/C17H28F2N4/c1-5-20-17(21-11-13(4)23(6-2)7-3)22-12-14-10-15(18)8-9-16(14)19/h8-10,13H,5-7,11-12H2,1-4H3,(H2,20,21,22). The van der Waals surface area contributed by atoms with Gasteiger partial charge in [0.1, 0.15) is 11.6 Å². The zero-order valence-corrected chi connectivity index (χ0v) is 14.5. The topological polar surface area (TPSA) is 39.7 Å². The van der Waals surface area contributed by atoms with Gasteiger partial charge in [-0.15, -0.1) is 0 Å². The highest BCUT2D eigenvalue weighted by molar-refractivity contribution is 5.79. The molecule has 1 aromatic rings. The van der Waals surface area contributed by atoms with Crippen molar-refractivity contribution in [1.82, 2.24) is 15.5 Å². The van der Waals surface area contributed by atoms with E-state index in [1.807, 2.05) is 6.92 Å². The maximum absolute atomic E-state index is 13.6. The molecule has 0 heterocycles. The van der Waals surface area contributed by atoms with Crippen molar-refractivity contribution >= 4 is 5.96 Å². The zero-order chi connectivity index (χ0) is 17.2. The minimum atomic E-state index is -0.454. The summed E-state index contributed by atoms with van der Waals surface area (Å²) in [5, 5.41) is 6.38. The van der Waals surface area contributed by atoms with Gasteiger partial charge in [0.2, 0.25) is 0 Å². The predicted octanol–water partition coefficient (Wildman–Crippen LogP) is 2.75. The molecule has 1 unspecified atom stereocenters. The highest BCUT2D eigenvalue weighted by Crippen LogP contribution is 2.10. The van der Waals surface area contributed by atoms with E-state index in [-0.39, 0.29) is 12.1 Å². The Morgan fingerprint density at radius 2 is 1.87 bits per heavy atom. The highest BCUT2D eigenvalue weighted by atomic mass is 19.1. The molecule has 6 heteroatoms. The van der Waals surface area contributed by atoms with Crippen molar-refractivity contribution in [2.75, 3.05) is 26.2 Å². The summed E-state index contributed by atoms with van der Waals surface area (Å²) < 4.78 is 26.8. The summed E-state index contributed by atoms with van der Waals surface area (Å²) in [4.78, 5) is 6.67. The van der Waals surface area contributed by atoms with Crippen LogP contribution in [0.3, 0.4) is 0 Å². The van der Waals surface area contributed by atoms with Gasteiger partial charge in [0.05, 0.1) is 6.54 Å². The SMILES string of the molecule is CCNC(=NCc1cc(F)ccc1F)NCC(C)N(CC)CC. The molecule has 2 N–H and O–H groups in total. The molecular formula is C17H28F2N4. The van der Waals surface area contributed by atoms with Crippen LogP contribution in [0.15, 0.2) is 23.2 Å². The molecule has 0 aliphatic heterocycles. The maximum atomic E-state index is 13.6. The number of aliphatic imine (C=N–C) groups is 1. The first-order chi connectivity index (χ1) is 11.0. The second kappa shape index (κ2) is 10.2. The van der Waals surface area contributed by atoms with Gasteiger partial charge in [-0.25, -0.2) is 13.8 Å². The van der Waals surface area contributed by atoms with Crippen molar-refractivity contribution < 1.29 is 8.78 Å². The van der Waals surface area contributed by atoms with Crippen molar-refractivity contribution in [3.63, 3.8) is 0 Å². The molecule has 1 atom stereocenters. The van der Waals surface area contributed by atoms with Crippen LogP contribution in [-0.2, 0) is 6.54 Å². The number of nitrogens with zero attached hydrogens (tertiary/aromatic N) is 2. The maximum Gasteiger partial charge on any atom is 0.191 e. The van der Waals surface area contributed by atoms with Crippen LogP contribution in [-0.4, -0.2) is 43.1 Å². The van der Waals surface area contributed by atoms with Gasteiger partial charge in [0.25, 0.3) is 0 Å².